The summed E-state index contributed by atoms with van der Waals surface area (Å²) in [6, 6.07) is 4.58. The average molecular weight is 292 g/mol. The molecular formula is C15H17FN2O3. The van der Waals surface area contributed by atoms with Crippen LogP contribution in [0.3, 0.4) is 0 Å². The van der Waals surface area contributed by atoms with E-state index in [0.717, 1.165) is 0 Å². The van der Waals surface area contributed by atoms with Crippen molar-refractivity contribution in [2.24, 2.45) is 0 Å². The van der Waals surface area contributed by atoms with Crippen LogP contribution in [-0.2, 0) is 9.53 Å². The van der Waals surface area contributed by atoms with Gasteiger partial charge in [-0.15, -0.1) is 0 Å². The third-order valence-electron chi connectivity index (χ3n) is 3.01. The molecule has 0 saturated carbocycles. The molecule has 0 fully saturated rings. The van der Waals surface area contributed by atoms with Crippen molar-refractivity contribution in [1.82, 2.24) is 10.6 Å². The van der Waals surface area contributed by atoms with Gasteiger partial charge in [0.25, 0.3) is 0 Å². The van der Waals surface area contributed by atoms with E-state index in [1.807, 2.05) is 0 Å². The number of carbonyl (C=O) groups is 2. The number of halogens is 1. The van der Waals surface area contributed by atoms with Crippen LogP contribution >= 0.6 is 0 Å². The lowest BCUT2D eigenvalue weighted by Crippen LogP contribution is -2.45. The Labute approximate surface area is 122 Å². The summed E-state index contributed by atoms with van der Waals surface area (Å²) in [7, 11) is 0. The maximum atomic E-state index is 13.4. The fourth-order valence-electron chi connectivity index (χ4n) is 2.18. The van der Waals surface area contributed by atoms with Crippen molar-refractivity contribution in [3.63, 3.8) is 0 Å². The van der Waals surface area contributed by atoms with Crippen LogP contribution in [0, 0.1) is 5.82 Å². The number of ether oxygens (including phenoxy) is 1. The summed E-state index contributed by atoms with van der Waals surface area (Å²) >= 11 is 0. The Morgan fingerprint density at radius 2 is 2.10 bits per heavy atom. The predicted octanol–water partition coefficient (Wildman–Crippen LogP) is 2.41. The summed E-state index contributed by atoms with van der Waals surface area (Å²) in [5, 5.41) is 5.15. The number of benzene rings is 1. The molecule has 2 amide bonds. The third kappa shape index (κ3) is 3.39. The van der Waals surface area contributed by atoms with Crippen LogP contribution in [0.2, 0.25) is 0 Å². The van der Waals surface area contributed by atoms with Gasteiger partial charge in [0.2, 0.25) is 0 Å². The first-order valence-corrected chi connectivity index (χ1v) is 6.63. The van der Waals surface area contributed by atoms with Crippen LogP contribution in [0.1, 0.15) is 32.4 Å². The summed E-state index contributed by atoms with van der Waals surface area (Å²) < 4.78 is 18.6. The highest BCUT2D eigenvalue weighted by atomic mass is 19.1. The molecule has 0 saturated heterocycles. The molecule has 1 heterocycles. The van der Waals surface area contributed by atoms with Crippen LogP contribution in [0.15, 0.2) is 35.5 Å². The van der Waals surface area contributed by atoms with E-state index < -0.39 is 23.9 Å². The first-order valence-electron chi connectivity index (χ1n) is 6.63. The lowest BCUT2D eigenvalue weighted by molar-refractivity contribution is -0.143. The Morgan fingerprint density at radius 3 is 2.71 bits per heavy atom. The molecule has 21 heavy (non-hydrogen) atoms. The van der Waals surface area contributed by atoms with E-state index in [2.05, 4.69) is 10.6 Å². The van der Waals surface area contributed by atoms with Gasteiger partial charge in [-0.05, 0) is 38.5 Å². The minimum Gasteiger partial charge on any atom is -0.459 e. The van der Waals surface area contributed by atoms with E-state index in [4.69, 9.17) is 4.74 Å². The van der Waals surface area contributed by atoms with Gasteiger partial charge in [-0.2, -0.15) is 0 Å². The van der Waals surface area contributed by atoms with Crippen LogP contribution in [0.4, 0.5) is 9.18 Å². The van der Waals surface area contributed by atoms with E-state index in [-0.39, 0.29) is 11.7 Å². The molecular weight excluding hydrogens is 275 g/mol. The van der Waals surface area contributed by atoms with Crippen LogP contribution < -0.4 is 10.6 Å². The third-order valence-corrected chi connectivity index (χ3v) is 3.01. The molecule has 1 aromatic carbocycles. The highest BCUT2D eigenvalue weighted by molar-refractivity contribution is 5.95. The number of hydrogen-bond donors (Lipinski definition) is 2. The smallest absolute Gasteiger partial charge is 0.338 e. The second-order valence-electron chi connectivity index (χ2n) is 5.08. The van der Waals surface area contributed by atoms with Crippen LogP contribution in [0.25, 0.3) is 0 Å². The lowest BCUT2D eigenvalue weighted by atomic mass is 9.95. The molecule has 6 heteroatoms. The summed E-state index contributed by atoms with van der Waals surface area (Å²) in [4.78, 5) is 23.9. The second kappa shape index (κ2) is 5.95. The van der Waals surface area contributed by atoms with Gasteiger partial charge >= 0.3 is 12.0 Å². The minimum absolute atomic E-state index is 0.272. The maximum Gasteiger partial charge on any atom is 0.338 e. The van der Waals surface area contributed by atoms with Crippen molar-refractivity contribution in [3.8, 4) is 0 Å². The molecule has 0 aliphatic carbocycles. The van der Waals surface area contributed by atoms with Crippen molar-refractivity contribution in [2.75, 3.05) is 0 Å². The molecule has 0 radical (unpaired) electrons. The van der Waals surface area contributed by atoms with Crippen LogP contribution in [0.5, 0.6) is 0 Å². The van der Waals surface area contributed by atoms with Gasteiger partial charge in [0.15, 0.2) is 0 Å². The van der Waals surface area contributed by atoms with Gasteiger partial charge < -0.3 is 15.4 Å². The predicted molar refractivity (Wildman–Crippen MR) is 74.7 cm³/mol. The molecule has 2 N–H and O–H groups in total. The Morgan fingerprint density at radius 1 is 1.38 bits per heavy atom. The molecule has 0 unspecified atom stereocenters. The molecule has 0 bridgehead atoms. The number of urea groups is 1. The summed E-state index contributed by atoms with van der Waals surface area (Å²) in [5.41, 5.74) is 1.16. The zero-order chi connectivity index (χ0) is 15.6. The van der Waals surface area contributed by atoms with Crippen molar-refractivity contribution in [3.05, 3.63) is 46.9 Å². The number of esters is 1. The first-order chi connectivity index (χ1) is 9.88. The summed E-state index contributed by atoms with van der Waals surface area (Å²) in [5.74, 6) is -0.973. The van der Waals surface area contributed by atoms with E-state index in [0.29, 0.717) is 11.3 Å². The number of hydrogen-bond acceptors (Lipinski definition) is 3. The monoisotopic (exact) mass is 292 g/mol. The van der Waals surface area contributed by atoms with E-state index >= 15 is 0 Å². The van der Waals surface area contributed by atoms with Crippen molar-refractivity contribution in [1.29, 1.82) is 0 Å². The Kier molecular flexibility index (Phi) is 4.26. The van der Waals surface area contributed by atoms with Gasteiger partial charge in [0.05, 0.1) is 17.7 Å². The van der Waals surface area contributed by atoms with Crippen LogP contribution in [-0.4, -0.2) is 18.1 Å². The normalized spacial score (nSPS) is 18.3. The number of allylic oxidation sites excluding steroid dienone is 1. The molecule has 1 aliphatic heterocycles. The van der Waals surface area contributed by atoms with Crippen molar-refractivity contribution >= 4 is 12.0 Å². The fraction of sp³-hybridized carbons (Fsp3) is 0.333. The highest BCUT2D eigenvalue weighted by Crippen LogP contribution is 2.28. The molecule has 0 spiro atoms. The van der Waals surface area contributed by atoms with Crippen molar-refractivity contribution in [2.45, 2.75) is 32.9 Å². The van der Waals surface area contributed by atoms with E-state index in [1.54, 1.807) is 26.8 Å². The van der Waals surface area contributed by atoms with Crippen molar-refractivity contribution < 1.29 is 18.7 Å². The number of carbonyl (C=O) groups excluding carboxylic acids is 2. The van der Waals surface area contributed by atoms with Gasteiger partial charge in [-0.25, -0.2) is 14.0 Å². The largest absolute Gasteiger partial charge is 0.459 e. The van der Waals surface area contributed by atoms with Gasteiger partial charge in [0.1, 0.15) is 5.82 Å². The highest BCUT2D eigenvalue weighted by Gasteiger charge is 2.32. The zero-order valence-corrected chi connectivity index (χ0v) is 12.1. The first kappa shape index (κ1) is 15.0. The Hall–Kier alpha value is -2.37. The minimum atomic E-state index is -0.735. The molecule has 1 aliphatic rings. The number of amides is 2. The second-order valence-corrected chi connectivity index (χ2v) is 5.08. The van der Waals surface area contributed by atoms with E-state index in [1.165, 1.54) is 18.2 Å². The van der Waals surface area contributed by atoms with Gasteiger partial charge in [0, 0.05) is 5.70 Å². The summed E-state index contributed by atoms with van der Waals surface area (Å²) in [6.45, 7) is 5.08. The average Bonchev–Trinajstić information content (AvgIpc) is 2.36. The molecule has 1 aromatic rings. The quantitative estimate of drug-likeness (QED) is 0.841. The van der Waals surface area contributed by atoms with Gasteiger partial charge in [-0.3, -0.25) is 0 Å². The number of nitrogens with one attached hydrogen (secondary N) is 2. The maximum absolute atomic E-state index is 13.4. The zero-order valence-electron chi connectivity index (χ0n) is 12.1. The SMILES string of the molecule is CC1=C(C(=O)OC(C)C)[C@@H](c2cccc(F)c2)NC(=O)N1. The molecule has 112 valence electrons. The Balaban J connectivity index is 2.43. The lowest BCUT2D eigenvalue weighted by Gasteiger charge is -2.28. The molecule has 1 atom stereocenters. The topological polar surface area (TPSA) is 67.4 Å². The number of rotatable bonds is 3. The fourth-order valence-corrected chi connectivity index (χ4v) is 2.18. The standard InChI is InChI=1S/C15H17FN2O3/c1-8(2)21-14(19)12-9(3)17-15(20)18-13(12)10-5-4-6-11(16)7-10/h4-8,13H,1-3H3,(H2,17,18,20)/t13-/m1/s1. The van der Waals surface area contributed by atoms with Gasteiger partial charge in [-0.1, -0.05) is 12.1 Å². The Bertz CT molecular complexity index is 611. The molecule has 5 nitrogen and oxygen atoms in total. The van der Waals surface area contributed by atoms with E-state index in [9.17, 15) is 14.0 Å². The molecule has 0 aromatic heterocycles. The molecule has 2 rings (SSSR count). The summed E-state index contributed by atoms with van der Waals surface area (Å²) in [6.07, 6.45) is -0.288.